The zero-order valence-corrected chi connectivity index (χ0v) is 6.99. The minimum atomic E-state index is 0.0358. The zero-order valence-electron chi connectivity index (χ0n) is 6.17. The molecule has 0 aliphatic carbocycles. The number of amides is 1. The first-order chi connectivity index (χ1) is 5.25. The van der Waals surface area contributed by atoms with Crippen LogP contribution in [0.3, 0.4) is 0 Å². The van der Waals surface area contributed by atoms with Gasteiger partial charge in [0.05, 0.1) is 0 Å². The van der Waals surface area contributed by atoms with E-state index in [1.165, 1.54) is 16.7 Å². The predicted octanol–water partition coefficient (Wildman–Crippen LogP) is 1.07. The van der Waals surface area contributed by atoms with Gasteiger partial charge < -0.3 is 0 Å². The van der Waals surface area contributed by atoms with Crippen molar-refractivity contribution in [3.63, 3.8) is 0 Å². The average molecular weight is 170 g/mol. The maximum Gasteiger partial charge on any atom is 0.229 e. The van der Waals surface area contributed by atoms with Gasteiger partial charge in [0.15, 0.2) is 5.17 Å². The lowest BCUT2D eigenvalue weighted by molar-refractivity contribution is -0.126. The number of nitrogens with zero attached hydrogens (tertiary/aromatic N) is 1. The lowest BCUT2D eigenvalue weighted by Gasteiger charge is -2.24. The van der Waals surface area contributed by atoms with Crippen molar-refractivity contribution in [2.45, 2.75) is 6.42 Å². The van der Waals surface area contributed by atoms with Gasteiger partial charge in [0.25, 0.3) is 0 Å². The summed E-state index contributed by atoms with van der Waals surface area (Å²) in [7, 11) is 0. The molecule has 1 rings (SSSR count). The van der Waals surface area contributed by atoms with Crippen LogP contribution >= 0.6 is 11.8 Å². The number of rotatable bonds is 2. The molecule has 0 aromatic heterocycles. The molecule has 0 aromatic carbocycles. The molecule has 0 spiro atoms. The fraction of sp³-hybridized carbons (Fsp3) is 0.429. The van der Waals surface area contributed by atoms with E-state index < -0.39 is 0 Å². The van der Waals surface area contributed by atoms with E-state index in [4.69, 9.17) is 5.41 Å². The molecule has 3 nitrogen and oxygen atoms in total. The van der Waals surface area contributed by atoms with Gasteiger partial charge >= 0.3 is 0 Å². The zero-order chi connectivity index (χ0) is 8.27. The van der Waals surface area contributed by atoms with Gasteiger partial charge in [-0.05, 0) is 0 Å². The average Bonchev–Trinajstić information content (AvgIpc) is 1.97. The fourth-order valence-electron chi connectivity index (χ4n) is 0.875. The van der Waals surface area contributed by atoms with Crippen LogP contribution in [0, 0.1) is 5.41 Å². The van der Waals surface area contributed by atoms with Gasteiger partial charge in [-0.15, -0.1) is 6.58 Å². The maximum atomic E-state index is 11.1. The Morgan fingerprint density at radius 3 is 3.09 bits per heavy atom. The number of thioether (sulfide) groups is 1. The number of hydrogen-bond donors (Lipinski definition) is 1. The van der Waals surface area contributed by atoms with Crippen LogP contribution < -0.4 is 0 Å². The molecule has 0 unspecified atom stereocenters. The highest BCUT2D eigenvalue weighted by Crippen LogP contribution is 2.16. The molecule has 4 heteroatoms. The van der Waals surface area contributed by atoms with Gasteiger partial charge in [0.2, 0.25) is 5.91 Å². The summed E-state index contributed by atoms with van der Waals surface area (Å²) in [6.45, 7) is 3.99. The van der Waals surface area contributed by atoms with Crippen molar-refractivity contribution in [3.8, 4) is 0 Å². The summed E-state index contributed by atoms with van der Waals surface area (Å²) in [6.07, 6.45) is 2.18. The van der Waals surface area contributed by atoms with Crippen LogP contribution in [0.5, 0.6) is 0 Å². The van der Waals surface area contributed by atoms with Crippen molar-refractivity contribution < 1.29 is 4.79 Å². The molecule has 0 saturated carbocycles. The lowest BCUT2D eigenvalue weighted by atomic mass is 10.4. The second-order valence-electron chi connectivity index (χ2n) is 2.20. The Morgan fingerprint density at radius 1 is 1.82 bits per heavy atom. The predicted molar refractivity (Wildman–Crippen MR) is 46.7 cm³/mol. The highest BCUT2D eigenvalue weighted by Gasteiger charge is 2.21. The van der Waals surface area contributed by atoms with Crippen molar-refractivity contribution in [3.05, 3.63) is 12.7 Å². The molecule has 60 valence electrons. The van der Waals surface area contributed by atoms with Crippen LogP contribution in [0.1, 0.15) is 6.42 Å². The monoisotopic (exact) mass is 170 g/mol. The Kier molecular flexibility index (Phi) is 2.70. The molecule has 11 heavy (non-hydrogen) atoms. The molecule has 1 heterocycles. The highest BCUT2D eigenvalue weighted by molar-refractivity contribution is 8.13. The summed E-state index contributed by atoms with van der Waals surface area (Å²) in [5.74, 6) is 0.777. The maximum absolute atomic E-state index is 11.1. The number of carbonyl (C=O) groups is 1. The Bertz CT molecular complexity index is 187. The van der Waals surface area contributed by atoms with E-state index >= 15 is 0 Å². The van der Waals surface area contributed by atoms with Gasteiger partial charge in [-0.1, -0.05) is 17.8 Å². The standard InChI is InChI=1S/C7H10N2OS/c1-2-4-9-6(10)3-5-11-7(9)8/h2,8H,1,3-5H2. The first kappa shape index (κ1) is 8.33. The van der Waals surface area contributed by atoms with Gasteiger partial charge in [-0.25, -0.2) is 0 Å². The van der Waals surface area contributed by atoms with Gasteiger partial charge in [-0.3, -0.25) is 15.1 Å². The highest BCUT2D eigenvalue weighted by atomic mass is 32.2. The lowest BCUT2D eigenvalue weighted by Crippen LogP contribution is -2.38. The molecular weight excluding hydrogens is 160 g/mol. The molecule has 0 aromatic rings. The summed E-state index contributed by atoms with van der Waals surface area (Å²) in [5.41, 5.74) is 0. The summed E-state index contributed by atoms with van der Waals surface area (Å²) < 4.78 is 0. The minimum absolute atomic E-state index is 0.0358. The quantitative estimate of drug-likeness (QED) is 0.630. The van der Waals surface area contributed by atoms with E-state index in [0.29, 0.717) is 18.1 Å². The Morgan fingerprint density at radius 2 is 2.55 bits per heavy atom. The Hall–Kier alpha value is -0.770. The minimum Gasteiger partial charge on any atom is -0.288 e. The van der Waals surface area contributed by atoms with Gasteiger partial charge in [0, 0.05) is 18.7 Å². The Labute approximate surface area is 70.0 Å². The van der Waals surface area contributed by atoms with Crippen molar-refractivity contribution in [1.82, 2.24) is 4.90 Å². The van der Waals surface area contributed by atoms with Crippen LogP contribution in [-0.4, -0.2) is 28.3 Å². The third kappa shape index (κ3) is 1.83. The van der Waals surface area contributed by atoms with Crippen LogP contribution in [0.4, 0.5) is 0 Å². The molecule has 0 bridgehead atoms. The second-order valence-corrected chi connectivity index (χ2v) is 3.28. The first-order valence-electron chi connectivity index (χ1n) is 3.38. The van der Waals surface area contributed by atoms with Crippen molar-refractivity contribution >= 4 is 22.8 Å². The largest absolute Gasteiger partial charge is 0.288 e. The summed E-state index contributed by atoms with van der Waals surface area (Å²) in [4.78, 5) is 12.6. The molecule has 1 fully saturated rings. The van der Waals surface area contributed by atoms with Crippen LogP contribution in [-0.2, 0) is 4.79 Å². The van der Waals surface area contributed by atoms with Gasteiger partial charge in [0.1, 0.15) is 0 Å². The van der Waals surface area contributed by atoms with Crippen molar-refractivity contribution in [2.75, 3.05) is 12.3 Å². The molecular formula is C7H10N2OS. The van der Waals surface area contributed by atoms with E-state index in [2.05, 4.69) is 6.58 Å². The van der Waals surface area contributed by atoms with Gasteiger partial charge in [-0.2, -0.15) is 0 Å². The van der Waals surface area contributed by atoms with E-state index in [9.17, 15) is 4.79 Å². The van der Waals surface area contributed by atoms with E-state index in [0.717, 1.165) is 5.75 Å². The van der Waals surface area contributed by atoms with Crippen molar-refractivity contribution in [2.24, 2.45) is 0 Å². The molecule has 1 saturated heterocycles. The fourth-order valence-corrected chi connectivity index (χ4v) is 1.68. The number of nitrogens with one attached hydrogen (secondary N) is 1. The smallest absolute Gasteiger partial charge is 0.229 e. The van der Waals surface area contributed by atoms with Crippen LogP contribution in [0.2, 0.25) is 0 Å². The third-order valence-corrected chi connectivity index (χ3v) is 2.31. The number of amidine groups is 1. The van der Waals surface area contributed by atoms with Crippen LogP contribution in [0.25, 0.3) is 0 Å². The summed E-state index contributed by atoms with van der Waals surface area (Å²) >= 11 is 1.41. The summed E-state index contributed by atoms with van der Waals surface area (Å²) in [5, 5.41) is 7.75. The van der Waals surface area contributed by atoms with E-state index in [1.54, 1.807) is 6.08 Å². The number of carbonyl (C=O) groups excluding carboxylic acids is 1. The SMILES string of the molecule is C=CCN1C(=N)SCCC1=O. The van der Waals surface area contributed by atoms with E-state index in [1.807, 2.05) is 0 Å². The normalized spacial score (nSPS) is 18.7. The molecule has 1 N–H and O–H groups in total. The molecule has 0 radical (unpaired) electrons. The molecule has 1 aliphatic heterocycles. The van der Waals surface area contributed by atoms with Crippen molar-refractivity contribution in [1.29, 1.82) is 5.41 Å². The second kappa shape index (κ2) is 3.57. The topological polar surface area (TPSA) is 44.2 Å². The molecule has 0 atom stereocenters. The molecule has 1 amide bonds. The third-order valence-electron chi connectivity index (χ3n) is 1.41. The van der Waals surface area contributed by atoms with E-state index in [-0.39, 0.29) is 5.91 Å². The first-order valence-corrected chi connectivity index (χ1v) is 4.37. The van der Waals surface area contributed by atoms with Crippen LogP contribution in [0.15, 0.2) is 12.7 Å². The Balaban J connectivity index is 2.62. The summed E-state index contributed by atoms with van der Waals surface area (Å²) in [6, 6.07) is 0. The molecule has 1 aliphatic rings. The number of hydrogen-bond acceptors (Lipinski definition) is 3.